The maximum Gasteiger partial charge on any atom is 0.317 e. The molecule has 1 N–H and O–H groups in total. The Morgan fingerprint density at radius 3 is 2.42 bits per heavy atom. The van der Waals surface area contributed by atoms with Gasteiger partial charge in [0, 0.05) is 45.1 Å². The lowest BCUT2D eigenvalue weighted by Crippen LogP contribution is -2.52. The Morgan fingerprint density at radius 2 is 1.79 bits per heavy atom. The Balaban J connectivity index is 1.47. The van der Waals surface area contributed by atoms with Gasteiger partial charge in [-0.2, -0.15) is 5.26 Å². The number of nitrogens with one attached hydrogen (secondary N) is 1. The molecule has 122 valence electrons. The van der Waals surface area contributed by atoms with Crippen LogP contribution < -0.4 is 10.2 Å². The number of amides is 2. The fraction of sp³-hybridized carbons (Fsp3) is 0.294. The van der Waals surface area contributed by atoms with E-state index < -0.39 is 0 Å². The van der Waals surface area contributed by atoms with Crippen molar-refractivity contribution < 1.29 is 4.79 Å². The van der Waals surface area contributed by atoms with Gasteiger partial charge in [-0.05, 0) is 23.8 Å². The first-order chi connectivity index (χ1) is 11.8. The van der Waals surface area contributed by atoms with Gasteiger partial charge in [0.2, 0.25) is 5.95 Å². The Labute approximate surface area is 140 Å². The van der Waals surface area contributed by atoms with Gasteiger partial charge in [-0.3, -0.25) is 0 Å². The molecule has 1 fully saturated rings. The van der Waals surface area contributed by atoms with Gasteiger partial charge in [-0.25, -0.2) is 14.8 Å². The van der Waals surface area contributed by atoms with E-state index in [2.05, 4.69) is 26.3 Å². The molecule has 0 atom stereocenters. The molecule has 2 amide bonds. The third-order valence-corrected chi connectivity index (χ3v) is 3.93. The topological polar surface area (TPSA) is 85.2 Å². The van der Waals surface area contributed by atoms with Crippen LogP contribution in [0.4, 0.5) is 10.7 Å². The van der Waals surface area contributed by atoms with Crippen molar-refractivity contribution in [1.82, 2.24) is 20.2 Å². The monoisotopic (exact) mass is 322 g/mol. The normalized spacial score (nSPS) is 14.1. The highest BCUT2D eigenvalue weighted by atomic mass is 16.2. The van der Waals surface area contributed by atoms with Gasteiger partial charge in [-0.1, -0.05) is 12.1 Å². The number of benzene rings is 1. The van der Waals surface area contributed by atoms with Crippen molar-refractivity contribution in [2.75, 3.05) is 31.1 Å². The van der Waals surface area contributed by atoms with Crippen LogP contribution in [0.25, 0.3) is 0 Å². The van der Waals surface area contributed by atoms with Gasteiger partial charge >= 0.3 is 6.03 Å². The largest absolute Gasteiger partial charge is 0.337 e. The molecular weight excluding hydrogens is 304 g/mol. The molecule has 0 unspecified atom stereocenters. The number of urea groups is 1. The number of carbonyl (C=O) groups excluding carboxylic acids is 1. The molecule has 3 rings (SSSR count). The Hall–Kier alpha value is -3.14. The molecule has 1 saturated heterocycles. The van der Waals surface area contributed by atoms with Crippen LogP contribution in [0.3, 0.4) is 0 Å². The number of aromatic nitrogens is 2. The lowest BCUT2D eigenvalue weighted by molar-refractivity contribution is 0.193. The molecule has 24 heavy (non-hydrogen) atoms. The second-order valence-corrected chi connectivity index (χ2v) is 5.49. The van der Waals surface area contributed by atoms with Crippen LogP contribution in [0, 0.1) is 11.3 Å². The number of anilines is 1. The number of nitrogens with zero attached hydrogens (tertiary/aromatic N) is 5. The fourth-order valence-electron chi connectivity index (χ4n) is 2.55. The van der Waals surface area contributed by atoms with Crippen molar-refractivity contribution >= 4 is 12.0 Å². The summed E-state index contributed by atoms with van der Waals surface area (Å²) in [5.41, 5.74) is 1.59. The molecule has 2 heterocycles. The van der Waals surface area contributed by atoms with E-state index in [1.165, 1.54) is 0 Å². The summed E-state index contributed by atoms with van der Waals surface area (Å²) >= 11 is 0. The van der Waals surface area contributed by atoms with Crippen LogP contribution in [0.15, 0.2) is 42.7 Å². The minimum Gasteiger partial charge on any atom is -0.337 e. The van der Waals surface area contributed by atoms with Crippen molar-refractivity contribution in [2.24, 2.45) is 0 Å². The second-order valence-electron chi connectivity index (χ2n) is 5.49. The molecule has 0 saturated carbocycles. The zero-order valence-corrected chi connectivity index (χ0v) is 13.2. The smallest absolute Gasteiger partial charge is 0.317 e. The van der Waals surface area contributed by atoms with Crippen LogP contribution in [-0.2, 0) is 6.54 Å². The van der Waals surface area contributed by atoms with Crippen LogP contribution in [0.2, 0.25) is 0 Å². The Kier molecular flexibility index (Phi) is 4.87. The molecule has 1 aromatic carbocycles. The highest BCUT2D eigenvalue weighted by molar-refractivity contribution is 5.74. The number of rotatable bonds is 3. The quantitative estimate of drug-likeness (QED) is 0.923. The van der Waals surface area contributed by atoms with E-state index in [-0.39, 0.29) is 6.03 Å². The van der Waals surface area contributed by atoms with E-state index in [1.54, 1.807) is 35.5 Å². The van der Waals surface area contributed by atoms with Crippen molar-refractivity contribution in [2.45, 2.75) is 6.54 Å². The molecule has 0 spiro atoms. The molecule has 7 nitrogen and oxygen atoms in total. The fourth-order valence-corrected chi connectivity index (χ4v) is 2.55. The summed E-state index contributed by atoms with van der Waals surface area (Å²) in [4.78, 5) is 24.6. The average Bonchev–Trinajstić information content (AvgIpc) is 2.67. The van der Waals surface area contributed by atoms with E-state index in [4.69, 9.17) is 5.26 Å². The van der Waals surface area contributed by atoms with E-state index in [9.17, 15) is 4.79 Å². The Morgan fingerprint density at radius 1 is 1.12 bits per heavy atom. The molecule has 1 aliphatic heterocycles. The highest BCUT2D eigenvalue weighted by Gasteiger charge is 2.22. The number of hydrogen-bond donors (Lipinski definition) is 1. The first-order valence-corrected chi connectivity index (χ1v) is 7.80. The highest BCUT2D eigenvalue weighted by Crippen LogP contribution is 2.10. The molecule has 2 aromatic rings. The van der Waals surface area contributed by atoms with Crippen molar-refractivity contribution in [3.8, 4) is 6.07 Å². The van der Waals surface area contributed by atoms with E-state index in [0.29, 0.717) is 44.2 Å². The maximum absolute atomic E-state index is 12.3. The van der Waals surface area contributed by atoms with Crippen molar-refractivity contribution in [1.29, 1.82) is 5.26 Å². The van der Waals surface area contributed by atoms with Gasteiger partial charge in [0.1, 0.15) is 0 Å². The summed E-state index contributed by atoms with van der Waals surface area (Å²) in [6.07, 6.45) is 3.44. The van der Waals surface area contributed by atoms with Crippen molar-refractivity contribution in [3.05, 3.63) is 53.9 Å². The van der Waals surface area contributed by atoms with E-state index in [1.807, 2.05) is 12.1 Å². The maximum atomic E-state index is 12.3. The zero-order valence-electron chi connectivity index (χ0n) is 13.2. The number of hydrogen-bond acceptors (Lipinski definition) is 5. The van der Waals surface area contributed by atoms with E-state index >= 15 is 0 Å². The van der Waals surface area contributed by atoms with E-state index in [0.717, 1.165) is 5.56 Å². The van der Waals surface area contributed by atoms with Crippen LogP contribution in [0.5, 0.6) is 0 Å². The SMILES string of the molecule is N#Cc1ccc(CNC(=O)N2CCN(c3ncccn3)CC2)cc1. The molecule has 0 bridgehead atoms. The molecule has 7 heteroatoms. The summed E-state index contributed by atoms with van der Waals surface area (Å²) in [6, 6.07) is 11.0. The van der Waals surface area contributed by atoms with Gasteiger partial charge in [0.05, 0.1) is 11.6 Å². The van der Waals surface area contributed by atoms with Gasteiger partial charge in [0.15, 0.2) is 0 Å². The predicted octanol–water partition coefficient (Wildman–Crippen LogP) is 1.38. The van der Waals surface area contributed by atoms with Gasteiger partial charge in [0.25, 0.3) is 0 Å². The minimum atomic E-state index is -0.0759. The summed E-state index contributed by atoms with van der Waals surface area (Å²) in [6.45, 7) is 3.16. The predicted molar refractivity (Wildman–Crippen MR) is 89.2 cm³/mol. The summed E-state index contributed by atoms with van der Waals surface area (Å²) in [7, 11) is 0. The Bertz CT molecular complexity index is 717. The van der Waals surface area contributed by atoms with Crippen molar-refractivity contribution in [3.63, 3.8) is 0 Å². The zero-order chi connectivity index (χ0) is 16.8. The third kappa shape index (κ3) is 3.79. The lowest BCUT2D eigenvalue weighted by atomic mass is 10.1. The third-order valence-electron chi connectivity index (χ3n) is 3.93. The summed E-state index contributed by atoms with van der Waals surface area (Å²) in [5, 5.41) is 11.7. The second kappa shape index (κ2) is 7.42. The number of piperazine rings is 1. The lowest BCUT2D eigenvalue weighted by Gasteiger charge is -2.34. The van der Waals surface area contributed by atoms with Crippen LogP contribution in [-0.4, -0.2) is 47.1 Å². The van der Waals surface area contributed by atoms with Crippen LogP contribution in [0.1, 0.15) is 11.1 Å². The number of nitriles is 1. The molecular formula is C17H18N6O. The summed E-state index contributed by atoms with van der Waals surface area (Å²) < 4.78 is 0. The van der Waals surface area contributed by atoms with Gasteiger partial charge < -0.3 is 15.1 Å². The van der Waals surface area contributed by atoms with Gasteiger partial charge in [-0.15, -0.1) is 0 Å². The first kappa shape index (κ1) is 15.7. The molecule has 0 aliphatic carbocycles. The summed E-state index contributed by atoms with van der Waals surface area (Å²) in [5.74, 6) is 0.704. The van der Waals surface area contributed by atoms with Crippen LogP contribution >= 0.6 is 0 Å². The molecule has 1 aromatic heterocycles. The molecule has 0 radical (unpaired) electrons. The number of carbonyl (C=O) groups is 1. The minimum absolute atomic E-state index is 0.0759. The average molecular weight is 322 g/mol. The molecule has 1 aliphatic rings. The standard InChI is InChI=1S/C17H18N6O/c18-12-14-2-4-15(5-3-14)13-21-17(24)23-10-8-22(9-11-23)16-19-6-1-7-20-16/h1-7H,8-11,13H2,(H,21,24). The first-order valence-electron chi connectivity index (χ1n) is 7.80.